The first kappa shape index (κ1) is 17.3. The molecule has 9 heteroatoms. The molecule has 0 aromatic carbocycles. The van der Waals surface area contributed by atoms with Gasteiger partial charge < -0.3 is 16.2 Å². The van der Waals surface area contributed by atoms with Crippen LogP contribution in [0.3, 0.4) is 0 Å². The Morgan fingerprint density at radius 1 is 1.45 bits per heavy atom. The third kappa shape index (κ3) is 3.48. The van der Waals surface area contributed by atoms with Crippen molar-refractivity contribution in [1.82, 2.24) is 4.98 Å². The zero-order valence-electron chi connectivity index (χ0n) is 12.3. The number of pyridine rings is 1. The van der Waals surface area contributed by atoms with Gasteiger partial charge in [-0.15, -0.1) is 0 Å². The first-order valence-electron chi connectivity index (χ1n) is 6.69. The number of nitrogens with zero attached hydrogens (tertiary/aromatic N) is 2. The van der Waals surface area contributed by atoms with Gasteiger partial charge in [-0.25, -0.2) is 4.98 Å². The van der Waals surface area contributed by atoms with Gasteiger partial charge in [0.1, 0.15) is 12.0 Å². The van der Waals surface area contributed by atoms with Crippen molar-refractivity contribution in [3.8, 4) is 0 Å². The van der Waals surface area contributed by atoms with Crippen LogP contribution in [0.2, 0.25) is 0 Å². The Labute approximate surface area is 126 Å². The third-order valence-electron chi connectivity index (χ3n) is 3.75. The van der Waals surface area contributed by atoms with Crippen molar-refractivity contribution >= 4 is 23.4 Å². The predicted molar refractivity (Wildman–Crippen MR) is 78.5 cm³/mol. The molecule has 0 aliphatic carbocycles. The van der Waals surface area contributed by atoms with Crippen LogP contribution in [0.5, 0.6) is 0 Å². The fourth-order valence-corrected chi connectivity index (χ4v) is 2.01. The summed E-state index contributed by atoms with van der Waals surface area (Å²) in [4.78, 5) is 36.6. The van der Waals surface area contributed by atoms with Crippen LogP contribution in [0, 0.1) is 15.5 Å². The molecule has 0 bridgehead atoms. The lowest BCUT2D eigenvalue weighted by Crippen LogP contribution is -2.37. The highest BCUT2D eigenvalue weighted by atomic mass is 16.6. The van der Waals surface area contributed by atoms with Gasteiger partial charge in [0.2, 0.25) is 0 Å². The van der Waals surface area contributed by atoms with Crippen molar-refractivity contribution in [2.24, 2.45) is 11.1 Å². The van der Waals surface area contributed by atoms with Crippen LogP contribution in [-0.2, 0) is 4.79 Å². The first-order valence-corrected chi connectivity index (χ1v) is 6.69. The molecule has 120 valence electrons. The first-order chi connectivity index (χ1) is 10.3. The maximum atomic E-state index is 11.4. The van der Waals surface area contributed by atoms with Crippen LogP contribution in [0.15, 0.2) is 12.3 Å². The Morgan fingerprint density at radius 3 is 2.45 bits per heavy atom. The van der Waals surface area contributed by atoms with Gasteiger partial charge in [-0.1, -0.05) is 13.8 Å². The number of carboxylic acid groups (broad SMARTS) is 1. The lowest BCUT2D eigenvalue weighted by atomic mass is 9.82. The van der Waals surface area contributed by atoms with E-state index >= 15 is 0 Å². The Hall–Kier alpha value is -2.71. The van der Waals surface area contributed by atoms with E-state index in [9.17, 15) is 24.8 Å². The molecule has 9 nitrogen and oxygen atoms in total. The van der Waals surface area contributed by atoms with Gasteiger partial charge in [0.15, 0.2) is 0 Å². The van der Waals surface area contributed by atoms with Crippen molar-refractivity contribution in [3.63, 3.8) is 0 Å². The minimum atomic E-state index is -1.02. The lowest BCUT2D eigenvalue weighted by Gasteiger charge is -2.27. The molecule has 4 N–H and O–H groups in total. The number of primary amides is 1. The highest BCUT2D eigenvalue weighted by molar-refractivity contribution is 5.98. The Bertz CT molecular complexity index is 598. The van der Waals surface area contributed by atoms with Crippen molar-refractivity contribution in [1.29, 1.82) is 0 Å². The third-order valence-corrected chi connectivity index (χ3v) is 3.75. The molecular formula is C13H18N4O5. The van der Waals surface area contributed by atoms with Crippen LogP contribution in [0.25, 0.3) is 0 Å². The van der Waals surface area contributed by atoms with Crippen LogP contribution in [-0.4, -0.2) is 33.4 Å². The maximum Gasteiger partial charge on any atom is 0.311 e. The Balaban J connectivity index is 3.10. The summed E-state index contributed by atoms with van der Waals surface area (Å²) < 4.78 is 0. The highest BCUT2D eigenvalue weighted by Crippen LogP contribution is 2.28. The van der Waals surface area contributed by atoms with Gasteiger partial charge >= 0.3 is 5.97 Å². The number of carbonyl (C=O) groups is 2. The van der Waals surface area contributed by atoms with E-state index in [-0.39, 0.29) is 23.6 Å². The number of rotatable bonds is 8. The van der Waals surface area contributed by atoms with E-state index in [2.05, 4.69) is 10.3 Å². The van der Waals surface area contributed by atoms with Crippen LogP contribution >= 0.6 is 0 Å². The highest BCUT2D eigenvalue weighted by Gasteiger charge is 2.35. The number of hydrogen-bond acceptors (Lipinski definition) is 6. The van der Waals surface area contributed by atoms with E-state index in [0.717, 1.165) is 12.3 Å². The largest absolute Gasteiger partial charge is 0.481 e. The maximum absolute atomic E-state index is 11.4. The SMILES string of the molecule is CCC(CC)(CNc1ncc([N+](=O)[O-])cc1C(N)=O)C(=O)O. The van der Waals surface area contributed by atoms with E-state index in [1.807, 2.05) is 0 Å². The van der Waals surface area contributed by atoms with Crippen molar-refractivity contribution in [2.45, 2.75) is 26.7 Å². The van der Waals surface area contributed by atoms with Gasteiger partial charge in [-0.05, 0) is 12.8 Å². The average Bonchev–Trinajstić information content (AvgIpc) is 2.48. The molecule has 0 aliphatic heterocycles. The number of carboxylic acids is 1. The molecule has 0 spiro atoms. The normalized spacial score (nSPS) is 11.0. The number of nitrogens with one attached hydrogen (secondary N) is 1. The molecule has 0 unspecified atom stereocenters. The van der Waals surface area contributed by atoms with Crippen LogP contribution < -0.4 is 11.1 Å². The summed E-state index contributed by atoms with van der Waals surface area (Å²) in [6.45, 7) is 3.52. The molecule has 0 saturated heterocycles. The Morgan fingerprint density at radius 2 is 2.05 bits per heavy atom. The summed E-state index contributed by atoms with van der Waals surface area (Å²) in [5, 5.41) is 22.8. The second-order valence-electron chi connectivity index (χ2n) is 4.86. The van der Waals surface area contributed by atoms with E-state index in [1.54, 1.807) is 13.8 Å². The number of anilines is 1. The van der Waals surface area contributed by atoms with Crippen LogP contribution in [0.4, 0.5) is 11.5 Å². The molecule has 0 atom stereocenters. The molecule has 22 heavy (non-hydrogen) atoms. The Kier molecular flexibility index (Phi) is 5.39. The molecule has 0 radical (unpaired) electrons. The molecule has 1 heterocycles. The molecule has 1 aromatic heterocycles. The second kappa shape index (κ2) is 6.83. The standard InChI is InChI=1S/C13H18N4O5/c1-3-13(4-2,12(19)20)7-16-11-9(10(14)18)5-8(6-15-11)17(21)22/h5-6H,3-4,7H2,1-2H3,(H2,14,18)(H,15,16)(H,19,20). The zero-order chi connectivity index (χ0) is 16.9. The molecule has 1 amide bonds. The summed E-state index contributed by atoms with van der Waals surface area (Å²) in [5.41, 5.74) is 3.66. The van der Waals surface area contributed by atoms with E-state index in [4.69, 9.17) is 5.73 Å². The van der Waals surface area contributed by atoms with Crippen molar-refractivity contribution in [3.05, 3.63) is 27.9 Å². The number of carbonyl (C=O) groups excluding carboxylic acids is 1. The minimum absolute atomic E-state index is 0.0282. The number of nitrogens with two attached hydrogens (primary N) is 1. The molecular weight excluding hydrogens is 292 g/mol. The van der Waals surface area contributed by atoms with Crippen LogP contribution in [0.1, 0.15) is 37.0 Å². The average molecular weight is 310 g/mol. The summed E-state index contributed by atoms with van der Waals surface area (Å²) in [7, 11) is 0. The lowest BCUT2D eigenvalue weighted by molar-refractivity contribution is -0.385. The number of aliphatic carboxylic acids is 1. The number of nitro groups is 1. The predicted octanol–water partition coefficient (Wildman–Crippen LogP) is 1.39. The summed E-state index contributed by atoms with van der Waals surface area (Å²) in [5.74, 6) is -1.81. The van der Waals surface area contributed by atoms with Gasteiger partial charge in [0.25, 0.3) is 11.6 Å². The zero-order valence-corrected chi connectivity index (χ0v) is 12.3. The molecule has 1 rings (SSSR count). The monoisotopic (exact) mass is 310 g/mol. The van der Waals surface area contributed by atoms with Gasteiger partial charge in [0.05, 0.1) is 15.9 Å². The quantitative estimate of drug-likeness (QED) is 0.485. The minimum Gasteiger partial charge on any atom is -0.481 e. The van der Waals surface area contributed by atoms with Crippen molar-refractivity contribution < 1.29 is 19.6 Å². The van der Waals surface area contributed by atoms with Crippen molar-refractivity contribution in [2.75, 3.05) is 11.9 Å². The van der Waals surface area contributed by atoms with Gasteiger partial charge in [0, 0.05) is 12.6 Å². The summed E-state index contributed by atoms with van der Waals surface area (Å²) >= 11 is 0. The summed E-state index contributed by atoms with van der Waals surface area (Å²) in [6, 6.07) is 1.01. The van der Waals surface area contributed by atoms with E-state index in [0.29, 0.717) is 12.8 Å². The molecule has 0 saturated carbocycles. The second-order valence-corrected chi connectivity index (χ2v) is 4.86. The molecule has 1 aromatic rings. The fraction of sp³-hybridized carbons (Fsp3) is 0.462. The fourth-order valence-electron chi connectivity index (χ4n) is 2.01. The van der Waals surface area contributed by atoms with Gasteiger partial charge in [-0.3, -0.25) is 19.7 Å². The molecule has 0 fully saturated rings. The summed E-state index contributed by atoms with van der Waals surface area (Å²) in [6.07, 6.45) is 1.74. The van der Waals surface area contributed by atoms with E-state index < -0.39 is 22.2 Å². The van der Waals surface area contributed by atoms with Gasteiger partial charge in [-0.2, -0.15) is 0 Å². The number of aromatic nitrogens is 1. The number of hydrogen-bond donors (Lipinski definition) is 3. The topological polar surface area (TPSA) is 148 Å². The smallest absolute Gasteiger partial charge is 0.311 e. The van der Waals surface area contributed by atoms with E-state index in [1.165, 1.54) is 0 Å². The molecule has 0 aliphatic rings. The number of amides is 1.